The molecule has 9 heteroatoms. The van der Waals surface area contributed by atoms with Gasteiger partial charge in [-0.2, -0.15) is 0 Å². The summed E-state index contributed by atoms with van der Waals surface area (Å²) in [6.45, 7) is 6.50. The van der Waals surface area contributed by atoms with E-state index >= 15 is 0 Å². The fourth-order valence-corrected chi connectivity index (χ4v) is 3.85. The van der Waals surface area contributed by atoms with Crippen LogP contribution in [0.4, 0.5) is 0 Å². The Bertz CT molecular complexity index is 729. The minimum atomic E-state index is -3.79. The van der Waals surface area contributed by atoms with Gasteiger partial charge in [0, 0.05) is 32.2 Å². The largest absolute Gasteiger partial charge is 0.486 e. The first-order chi connectivity index (χ1) is 12.0. The van der Waals surface area contributed by atoms with Crippen molar-refractivity contribution < 1.29 is 22.7 Å². The topological polar surface area (TPSA) is 88.2 Å². The number of sulfonamides is 1. The summed E-state index contributed by atoms with van der Waals surface area (Å²) in [5.41, 5.74) is 0. The SMILES string of the molecule is CCN1CCN(C(=O)CNS(=O)(=O)c2ccc3c(c2)OCCO3)CC1. The molecule has 0 unspecified atom stereocenters. The van der Waals surface area contributed by atoms with Gasteiger partial charge < -0.3 is 19.3 Å². The fourth-order valence-electron chi connectivity index (χ4n) is 2.86. The normalized spacial score (nSPS) is 18.2. The average Bonchev–Trinajstić information content (AvgIpc) is 2.66. The molecular formula is C16H23N3O5S. The third-order valence-corrected chi connectivity index (χ3v) is 5.81. The van der Waals surface area contributed by atoms with Gasteiger partial charge in [-0.15, -0.1) is 0 Å². The summed E-state index contributed by atoms with van der Waals surface area (Å²) in [6, 6.07) is 4.43. The molecule has 1 N–H and O–H groups in total. The molecule has 1 amide bonds. The van der Waals surface area contributed by atoms with Gasteiger partial charge in [-0.3, -0.25) is 4.79 Å². The number of carbonyl (C=O) groups is 1. The van der Waals surface area contributed by atoms with Crippen molar-refractivity contribution in [1.29, 1.82) is 0 Å². The summed E-state index contributed by atoms with van der Waals surface area (Å²) < 4.78 is 38.0. The third kappa shape index (κ3) is 4.23. The summed E-state index contributed by atoms with van der Waals surface area (Å²) in [5.74, 6) is 0.711. The van der Waals surface area contributed by atoms with Gasteiger partial charge in [-0.25, -0.2) is 13.1 Å². The third-order valence-electron chi connectivity index (χ3n) is 4.41. The number of fused-ring (bicyclic) bond motifs is 1. The molecule has 25 heavy (non-hydrogen) atoms. The number of rotatable bonds is 5. The minimum absolute atomic E-state index is 0.0559. The lowest BCUT2D eigenvalue weighted by Gasteiger charge is -2.34. The zero-order chi connectivity index (χ0) is 17.9. The van der Waals surface area contributed by atoms with Gasteiger partial charge in [0.15, 0.2) is 11.5 Å². The Labute approximate surface area is 147 Å². The minimum Gasteiger partial charge on any atom is -0.486 e. The van der Waals surface area contributed by atoms with Gasteiger partial charge in [0.05, 0.1) is 11.4 Å². The Kier molecular flexibility index (Phi) is 5.45. The van der Waals surface area contributed by atoms with E-state index in [9.17, 15) is 13.2 Å². The lowest BCUT2D eigenvalue weighted by molar-refractivity contribution is -0.131. The van der Waals surface area contributed by atoms with E-state index in [-0.39, 0.29) is 17.3 Å². The van der Waals surface area contributed by atoms with Gasteiger partial charge >= 0.3 is 0 Å². The second-order valence-corrected chi connectivity index (χ2v) is 7.71. The summed E-state index contributed by atoms with van der Waals surface area (Å²) in [5, 5.41) is 0. The van der Waals surface area contributed by atoms with E-state index in [2.05, 4.69) is 16.5 Å². The first-order valence-corrected chi connectivity index (χ1v) is 9.87. The smallest absolute Gasteiger partial charge is 0.241 e. The maximum absolute atomic E-state index is 12.4. The van der Waals surface area contributed by atoms with Gasteiger partial charge in [-0.05, 0) is 18.7 Å². The molecule has 138 valence electrons. The van der Waals surface area contributed by atoms with Crippen LogP contribution in [0, 0.1) is 0 Å². The van der Waals surface area contributed by atoms with Crippen LogP contribution in [0.25, 0.3) is 0 Å². The fraction of sp³-hybridized carbons (Fsp3) is 0.562. The lowest BCUT2D eigenvalue weighted by Crippen LogP contribution is -2.51. The second kappa shape index (κ2) is 7.59. The lowest BCUT2D eigenvalue weighted by atomic mass is 10.3. The van der Waals surface area contributed by atoms with E-state index in [0.29, 0.717) is 37.8 Å². The van der Waals surface area contributed by atoms with Crippen molar-refractivity contribution in [2.24, 2.45) is 0 Å². The maximum atomic E-state index is 12.4. The van der Waals surface area contributed by atoms with Crippen molar-refractivity contribution in [3.8, 4) is 11.5 Å². The van der Waals surface area contributed by atoms with Gasteiger partial charge in [0.25, 0.3) is 0 Å². The van der Waals surface area contributed by atoms with Gasteiger partial charge in [0.1, 0.15) is 13.2 Å². The number of nitrogens with zero attached hydrogens (tertiary/aromatic N) is 2. The van der Waals surface area contributed by atoms with E-state index in [1.807, 2.05) is 0 Å². The summed E-state index contributed by atoms with van der Waals surface area (Å²) >= 11 is 0. The first-order valence-electron chi connectivity index (χ1n) is 8.39. The first kappa shape index (κ1) is 18.0. The molecule has 0 bridgehead atoms. The summed E-state index contributed by atoms with van der Waals surface area (Å²) in [7, 11) is -3.79. The number of hydrogen-bond acceptors (Lipinski definition) is 6. The van der Waals surface area contributed by atoms with Crippen LogP contribution in [0.2, 0.25) is 0 Å². The summed E-state index contributed by atoms with van der Waals surface area (Å²) in [6.07, 6.45) is 0. The van der Waals surface area contributed by atoms with E-state index < -0.39 is 10.0 Å². The Morgan fingerprint density at radius 1 is 1.12 bits per heavy atom. The molecule has 0 spiro atoms. The predicted molar refractivity (Wildman–Crippen MR) is 91.3 cm³/mol. The van der Waals surface area contributed by atoms with Crippen LogP contribution in [-0.4, -0.2) is 76.6 Å². The number of amides is 1. The number of benzene rings is 1. The zero-order valence-corrected chi connectivity index (χ0v) is 15.0. The molecule has 1 aromatic rings. The Morgan fingerprint density at radius 3 is 2.48 bits per heavy atom. The Hall–Kier alpha value is -1.84. The molecular weight excluding hydrogens is 346 g/mol. The summed E-state index contributed by atoms with van der Waals surface area (Å²) in [4.78, 5) is 16.2. The van der Waals surface area contributed by atoms with Crippen LogP contribution in [0.1, 0.15) is 6.92 Å². The molecule has 1 saturated heterocycles. The molecule has 0 atom stereocenters. The molecule has 0 saturated carbocycles. The van der Waals surface area contributed by atoms with Crippen LogP contribution >= 0.6 is 0 Å². The van der Waals surface area contributed by atoms with Crippen LogP contribution in [0.15, 0.2) is 23.1 Å². The average molecular weight is 369 g/mol. The maximum Gasteiger partial charge on any atom is 0.241 e. The highest BCUT2D eigenvalue weighted by Gasteiger charge is 2.23. The molecule has 2 aliphatic heterocycles. The molecule has 0 aromatic heterocycles. The molecule has 0 radical (unpaired) electrons. The monoisotopic (exact) mass is 369 g/mol. The highest BCUT2D eigenvalue weighted by Crippen LogP contribution is 2.32. The number of carbonyl (C=O) groups excluding carboxylic acids is 1. The predicted octanol–water partition coefficient (Wildman–Crippen LogP) is -0.0998. The molecule has 1 fully saturated rings. The molecule has 2 aliphatic rings. The molecule has 0 aliphatic carbocycles. The van der Waals surface area contributed by atoms with E-state index in [0.717, 1.165) is 19.6 Å². The highest BCUT2D eigenvalue weighted by molar-refractivity contribution is 7.89. The Balaban J connectivity index is 1.59. The van der Waals surface area contributed by atoms with Gasteiger partial charge in [0.2, 0.25) is 15.9 Å². The number of likely N-dealkylation sites (N-methyl/N-ethyl adjacent to an activating group) is 1. The van der Waals surface area contributed by atoms with Crippen molar-refractivity contribution in [3.05, 3.63) is 18.2 Å². The molecule has 8 nitrogen and oxygen atoms in total. The van der Waals surface area contributed by atoms with Crippen LogP contribution < -0.4 is 14.2 Å². The van der Waals surface area contributed by atoms with Crippen LogP contribution in [-0.2, 0) is 14.8 Å². The van der Waals surface area contributed by atoms with Crippen molar-refractivity contribution in [2.75, 3.05) is 52.5 Å². The van der Waals surface area contributed by atoms with Crippen molar-refractivity contribution in [2.45, 2.75) is 11.8 Å². The Morgan fingerprint density at radius 2 is 1.80 bits per heavy atom. The quantitative estimate of drug-likeness (QED) is 0.780. The van der Waals surface area contributed by atoms with Gasteiger partial charge in [-0.1, -0.05) is 6.92 Å². The molecule has 2 heterocycles. The van der Waals surface area contributed by atoms with Crippen molar-refractivity contribution in [1.82, 2.24) is 14.5 Å². The van der Waals surface area contributed by atoms with Crippen molar-refractivity contribution in [3.63, 3.8) is 0 Å². The van der Waals surface area contributed by atoms with E-state index in [1.54, 1.807) is 11.0 Å². The van der Waals surface area contributed by atoms with Crippen LogP contribution in [0.5, 0.6) is 11.5 Å². The highest BCUT2D eigenvalue weighted by atomic mass is 32.2. The van der Waals surface area contributed by atoms with E-state index in [1.165, 1.54) is 12.1 Å². The molecule has 3 rings (SSSR count). The number of ether oxygens (including phenoxy) is 2. The number of nitrogens with one attached hydrogen (secondary N) is 1. The standard InChI is InChI=1S/C16H23N3O5S/c1-2-18-5-7-19(8-6-18)16(20)12-17-25(21,22)13-3-4-14-15(11-13)24-10-9-23-14/h3-4,11,17H,2,5-10,12H2,1H3. The molecule has 1 aromatic carbocycles. The second-order valence-electron chi connectivity index (χ2n) is 5.95. The number of piperazine rings is 1. The zero-order valence-electron chi connectivity index (χ0n) is 14.2. The van der Waals surface area contributed by atoms with Crippen LogP contribution in [0.3, 0.4) is 0 Å². The van der Waals surface area contributed by atoms with E-state index in [4.69, 9.17) is 9.47 Å². The number of hydrogen-bond donors (Lipinski definition) is 1. The van der Waals surface area contributed by atoms with Crippen molar-refractivity contribution >= 4 is 15.9 Å².